The number of halogens is 3. The van der Waals surface area contributed by atoms with Crippen LogP contribution in [0.2, 0.25) is 0 Å². The highest BCUT2D eigenvalue weighted by Gasteiger charge is 2.59. The fourth-order valence-corrected chi connectivity index (χ4v) is 6.08. The van der Waals surface area contributed by atoms with Crippen molar-refractivity contribution in [3.63, 3.8) is 0 Å². The van der Waals surface area contributed by atoms with Gasteiger partial charge < -0.3 is 0 Å². The number of hydrogen-bond acceptors (Lipinski definition) is 6. The zero-order valence-electron chi connectivity index (χ0n) is 11.0. The molecule has 2 aliphatic rings. The van der Waals surface area contributed by atoms with Crippen molar-refractivity contribution in [1.82, 2.24) is 10.4 Å². The molecule has 21 heavy (non-hydrogen) atoms. The van der Waals surface area contributed by atoms with E-state index < -0.39 is 32.4 Å². The number of rotatable bonds is 2. The van der Waals surface area contributed by atoms with Gasteiger partial charge in [0.2, 0.25) is 5.91 Å². The molecule has 0 aromatic carbocycles. The van der Waals surface area contributed by atoms with Crippen LogP contribution >= 0.6 is 23.5 Å². The van der Waals surface area contributed by atoms with Crippen LogP contribution in [-0.2, 0) is 14.6 Å². The van der Waals surface area contributed by atoms with Crippen LogP contribution in [0.5, 0.6) is 0 Å². The van der Waals surface area contributed by atoms with E-state index >= 15 is 0 Å². The topological polar surface area (TPSA) is 66.5 Å². The minimum Gasteiger partial charge on any atom is -0.277 e. The number of hydrazine groups is 1. The number of nitrogens with one attached hydrogen (secondary N) is 1. The Labute approximate surface area is 129 Å². The Morgan fingerprint density at radius 3 is 2.43 bits per heavy atom. The average molecular weight is 364 g/mol. The van der Waals surface area contributed by atoms with E-state index in [0.29, 0.717) is 11.5 Å². The maximum atomic E-state index is 13.2. The fourth-order valence-electron chi connectivity index (χ4n) is 2.08. The van der Waals surface area contributed by atoms with Gasteiger partial charge in [0.05, 0.1) is 24.5 Å². The van der Waals surface area contributed by atoms with Gasteiger partial charge in [0, 0.05) is 18.1 Å². The van der Waals surface area contributed by atoms with Crippen molar-refractivity contribution in [2.24, 2.45) is 0 Å². The van der Waals surface area contributed by atoms with Crippen LogP contribution in [0.4, 0.5) is 13.2 Å². The van der Waals surface area contributed by atoms with Crippen LogP contribution in [-0.4, -0.2) is 65.7 Å². The molecular weight excluding hydrogens is 349 g/mol. The summed E-state index contributed by atoms with van der Waals surface area (Å²) in [5.41, 5.74) is 2.60. The lowest BCUT2D eigenvalue weighted by atomic mass is 10.2. The van der Waals surface area contributed by atoms with Crippen molar-refractivity contribution < 1.29 is 26.4 Å². The number of carbonyl (C=O) groups excluding carboxylic acids is 1. The van der Waals surface area contributed by atoms with Crippen LogP contribution in [0.25, 0.3) is 0 Å². The first-order chi connectivity index (χ1) is 9.65. The second-order valence-corrected chi connectivity index (χ2v) is 10.1. The first-order valence-corrected chi connectivity index (χ1v) is 10.0. The molecule has 0 bridgehead atoms. The van der Waals surface area contributed by atoms with Gasteiger partial charge in [-0.2, -0.15) is 13.2 Å². The summed E-state index contributed by atoms with van der Waals surface area (Å²) < 4.78 is 60.4. The summed E-state index contributed by atoms with van der Waals surface area (Å²) in [6.07, 6.45) is -5.16. The summed E-state index contributed by atoms with van der Waals surface area (Å²) in [7, 11) is -3.25. The van der Waals surface area contributed by atoms with Gasteiger partial charge in [0.1, 0.15) is 0 Å². The molecule has 2 rings (SSSR count). The van der Waals surface area contributed by atoms with E-state index in [9.17, 15) is 26.4 Å². The predicted octanol–water partition coefficient (Wildman–Crippen LogP) is 0.877. The molecule has 0 aromatic heterocycles. The molecule has 11 heteroatoms. The molecule has 0 aliphatic carbocycles. The van der Waals surface area contributed by atoms with Crippen molar-refractivity contribution in [3.05, 3.63) is 0 Å². The minimum absolute atomic E-state index is 0.0351. The number of hydrogen-bond donors (Lipinski definition) is 1. The van der Waals surface area contributed by atoms with E-state index in [0.717, 1.165) is 28.5 Å². The monoisotopic (exact) mass is 364 g/mol. The van der Waals surface area contributed by atoms with Gasteiger partial charge in [-0.15, -0.1) is 23.5 Å². The Balaban J connectivity index is 2.06. The largest absolute Gasteiger partial charge is 0.412 e. The van der Waals surface area contributed by atoms with Crippen molar-refractivity contribution >= 4 is 39.3 Å². The second-order valence-electron chi connectivity index (χ2n) is 4.73. The molecule has 0 spiro atoms. The molecule has 1 N–H and O–H groups in total. The van der Waals surface area contributed by atoms with Crippen LogP contribution in [0.3, 0.4) is 0 Å². The third kappa shape index (κ3) is 3.99. The van der Waals surface area contributed by atoms with E-state index in [2.05, 4.69) is 5.43 Å². The van der Waals surface area contributed by atoms with E-state index in [1.807, 2.05) is 0 Å². The quantitative estimate of drug-likeness (QED) is 0.785. The highest BCUT2D eigenvalue weighted by molar-refractivity contribution is 8.21. The molecule has 0 saturated carbocycles. The highest BCUT2D eigenvalue weighted by atomic mass is 32.2. The van der Waals surface area contributed by atoms with E-state index in [1.165, 1.54) is 0 Å². The normalized spacial score (nSPS) is 25.6. The first kappa shape index (κ1) is 17.2. The maximum absolute atomic E-state index is 13.2. The molecule has 0 radical (unpaired) electrons. The number of carbonyl (C=O) groups is 1. The lowest BCUT2D eigenvalue weighted by Crippen LogP contribution is -2.48. The Hall–Kier alpha value is -0.130. The summed E-state index contributed by atoms with van der Waals surface area (Å²) in [6, 6.07) is 0. The summed E-state index contributed by atoms with van der Waals surface area (Å²) in [5, 5.41) is 1.01. The summed E-state index contributed by atoms with van der Waals surface area (Å²) in [5.74, 6) is -0.375. The number of amides is 1. The number of sulfone groups is 1. The molecule has 2 heterocycles. The van der Waals surface area contributed by atoms with Gasteiger partial charge in [-0.3, -0.25) is 9.80 Å². The minimum atomic E-state index is -4.48. The predicted molar refractivity (Wildman–Crippen MR) is 76.7 cm³/mol. The second kappa shape index (κ2) is 6.17. The van der Waals surface area contributed by atoms with Gasteiger partial charge in [-0.25, -0.2) is 13.8 Å². The molecule has 122 valence electrons. The standard InChI is InChI=1S/C10H15F3N2O3S3/c11-10(12,13)9(19-3-4-20-9)7-8(16)15-2-6-21(17,18)5-1-14-15/h14H,1-7H2. The van der Waals surface area contributed by atoms with Gasteiger partial charge in [0.25, 0.3) is 0 Å². The summed E-state index contributed by atoms with van der Waals surface area (Å²) >= 11 is 1.48. The molecular formula is C10H15F3N2O3S3. The smallest absolute Gasteiger partial charge is 0.277 e. The number of nitrogens with zero attached hydrogens (tertiary/aromatic N) is 1. The molecule has 2 saturated heterocycles. The van der Waals surface area contributed by atoms with Crippen LogP contribution in [0.15, 0.2) is 0 Å². The third-order valence-corrected chi connectivity index (χ3v) is 8.31. The summed E-state index contributed by atoms with van der Waals surface area (Å²) in [4.78, 5) is 12.1. The summed E-state index contributed by atoms with van der Waals surface area (Å²) in [6.45, 7) is -0.0855. The van der Waals surface area contributed by atoms with Gasteiger partial charge in [0.15, 0.2) is 13.9 Å². The van der Waals surface area contributed by atoms with Gasteiger partial charge in [-0.1, -0.05) is 0 Å². The Morgan fingerprint density at radius 2 is 1.86 bits per heavy atom. The third-order valence-electron chi connectivity index (χ3n) is 3.21. The van der Waals surface area contributed by atoms with Crippen LogP contribution in [0.1, 0.15) is 6.42 Å². The van der Waals surface area contributed by atoms with Gasteiger partial charge in [-0.05, 0) is 0 Å². The Kier molecular flexibility index (Phi) is 5.06. The van der Waals surface area contributed by atoms with Gasteiger partial charge >= 0.3 is 6.18 Å². The first-order valence-electron chi connectivity index (χ1n) is 6.24. The van der Waals surface area contributed by atoms with E-state index in [1.54, 1.807) is 0 Å². The van der Waals surface area contributed by atoms with E-state index in [-0.39, 0.29) is 24.6 Å². The zero-order valence-corrected chi connectivity index (χ0v) is 13.4. The molecule has 5 nitrogen and oxygen atoms in total. The number of alkyl halides is 3. The molecule has 0 atom stereocenters. The van der Waals surface area contributed by atoms with Crippen molar-refractivity contribution in [1.29, 1.82) is 0 Å². The Bertz CT molecular complexity index is 503. The lowest BCUT2D eigenvalue weighted by molar-refractivity contribution is -0.152. The van der Waals surface area contributed by atoms with Crippen LogP contribution in [0, 0.1) is 0 Å². The van der Waals surface area contributed by atoms with Crippen LogP contribution < -0.4 is 5.43 Å². The van der Waals surface area contributed by atoms with Crippen molar-refractivity contribution in [2.75, 3.05) is 36.1 Å². The maximum Gasteiger partial charge on any atom is 0.412 e. The molecule has 2 fully saturated rings. The lowest BCUT2D eigenvalue weighted by Gasteiger charge is -2.31. The molecule has 2 aliphatic heterocycles. The van der Waals surface area contributed by atoms with E-state index in [4.69, 9.17) is 0 Å². The Morgan fingerprint density at radius 1 is 1.24 bits per heavy atom. The molecule has 1 amide bonds. The van der Waals surface area contributed by atoms with Crippen molar-refractivity contribution in [2.45, 2.75) is 16.7 Å². The molecule has 0 unspecified atom stereocenters. The SMILES string of the molecule is O=C(CC1(C(F)(F)F)SCCS1)N1CCS(=O)(=O)CCN1. The highest BCUT2D eigenvalue weighted by Crippen LogP contribution is 2.56. The number of thioether (sulfide) groups is 2. The zero-order chi connectivity index (χ0) is 15.7. The van der Waals surface area contributed by atoms with Crippen molar-refractivity contribution in [3.8, 4) is 0 Å². The average Bonchev–Trinajstić information content (AvgIpc) is 2.75. The fraction of sp³-hybridized carbons (Fsp3) is 0.900. The molecule has 0 aromatic rings.